The SMILES string of the molecule is CC1CN(Cc2ccc(CN)cc2Cl)CC1N(C)C. The molecule has 0 radical (unpaired) electrons. The van der Waals surface area contributed by atoms with Gasteiger partial charge in [0.15, 0.2) is 0 Å². The molecule has 0 bridgehead atoms. The molecule has 1 saturated heterocycles. The normalized spacial score (nSPS) is 24.3. The Morgan fingerprint density at radius 1 is 1.37 bits per heavy atom. The molecule has 0 spiro atoms. The molecule has 0 amide bonds. The summed E-state index contributed by atoms with van der Waals surface area (Å²) >= 11 is 6.33. The second kappa shape index (κ2) is 6.23. The minimum atomic E-state index is 0.545. The van der Waals surface area contributed by atoms with E-state index in [1.807, 2.05) is 6.07 Å². The Morgan fingerprint density at radius 3 is 2.63 bits per heavy atom. The molecule has 2 rings (SSSR count). The molecule has 1 aliphatic heterocycles. The van der Waals surface area contributed by atoms with Crippen LogP contribution in [0.1, 0.15) is 18.1 Å². The van der Waals surface area contributed by atoms with Gasteiger partial charge in [0.1, 0.15) is 0 Å². The number of hydrogen-bond donors (Lipinski definition) is 1. The van der Waals surface area contributed by atoms with Gasteiger partial charge in [-0.2, -0.15) is 0 Å². The van der Waals surface area contributed by atoms with Crippen molar-refractivity contribution in [3.05, 3.63) is 34.3 Å². The van der Waals surface area contributed by atoms with Gasteiger partial charge in [-0.1, -0.05) is 30.7 Å². The summed E-state index contributed by atoms with van der Waals surface area (Å²) in [5.41, 5.74) is 7.92. The molecule has 1 aromatic rings. The van der Waals surface area contributed by atoms with Gasteiger partial charge in [0, 0.05) is 37.2 Å². The van der Waals surface area contributed by atoms with Crippen LogP contribution in [0.15, 0.2) is 18.2 Å². The molecule has 3 nitrogen and oxygen atoms in total. The van der Waals surface area contributed by atoms with Gasteiger partial charge in [0.2, 0.25) is 0 Å². The summed E-state index contributed by atoms with van der Waals surface area (Å²) in [5.74, 6) is 0.706. The van der Waals surface area contributed by atoms with Crippen LogP contribution in [-0.4, -0.2) is 43.0 Å². The van der Waals surface area contributed by atoms with Crippen LogP contribution < -0.4 is 5.73 Å². The Balaban J connectivity index is 2.03. The van der Waals surface area contributed by atoms with E-state index in [-0.39, 0.29) is 0 Å². The number of likely N-dealkylation sites (tertiary alicyclic amines) is 1. The van der Waals surface area contributed by atoms with Crippen molar-refractivity contribution in [2.75, 3.05) is 27.2 Å². The number of nitrogens with zero attached hydrogens (tertiary/aromatic N) is 2. The zero-order chi connectivity index (χ0) is 14.0. The molecule has 2 N–H and O–H groups in total. The van der Waals surface area contributed by atoms with E-state index in [0.717, 1.165) is 30.2 Å². The highest BCUT2D eigenvalue weighted by molar-refractivity contribution is 6.31. The lowest BCUT2D eigenvalue weighted by molar-refractivity contribution is 0.250. The quantitative estimate of drug-likeness (QED) is 0.918. The van der Waals surface area contributed by atoms with Gasteiger partial charge in [-0.05, 0) is 37.2 Å². The molecule has 2 unspecified atom stereocenters. The van der Waals surface area contributed by atoms with Gasteiger partial charge in [-0.3, -0.25) is 4.90 Å². The maximum atomic E-state index is 6.33. The first-order chi connectivity index (χ1) is 9.01. The molecule has 19 heavy (non-hydrogen) atoms. The van der Waals surface area contributed by atoms with Gasteiger partial charge in [-0.25, -0.2) is 0 Å². The fraction of sp³-hybridized carbons (Fsp3) is 0.600. The van der Waals surface area contributed by atoms with Crippen molar-refractivity contribution in [1.82, 2.24) is 9.80 Å². The maximum absolute atomic E-state index is 6.33. The zero-order valence-electron chi connectivity index (χ0n) is 12.1. The maximum Gasteiger partial charge on any atom is 0.0454 e. The first kappa shape index (κ1) is 14.8. The minimum absolute atomic E-state index is 0.545. The number of benzene rings is 1. The van der Waals surface area contributed by atoms with E-state index >= 15 is 0 Å². The van der Waals surface area contributed by atoms with Gasteiger partial charge in [0.05, 0.1) is 0 Å². The summed E-state index contributed by atoms with van der Waals surface area (Å²) in [6.45, 7) is 6.05. The third kappa shape index (κ3) is 3.48. The van der Waals surface area contributed by atoms with E-state index in [1.165, 1.54) is 5.56 Å². The van der Waals surface area contributed by atoms with E-state index in [1.54, 1.807) is 0 Å². The summed E-state index contributed by atoms with van der Waals surface area (Å²) < 4.78 is 0. The van der Waals surface area contributed by atoms with Crippen LogP contribution in [0.4, 0.5) is 0 Å². The van der Waals surface area contributed by atoms with Crippen molar-refractivity contribution in [3.63, 3.8) is 0 Å². The molecule has 1 aromatic carbocycles. The molecule has 1 fully saturated rings. The van der Waals surface area contributed by atoms with Gasteiger partial charge in [0.25, 0.3) is 0 Å². The van der Waals surface area contributed by atoms with Crippen LogP contribution in [0.25, 0.3) is 0 Å². The number of halogens is 1. The first-order valence-electron chi connectivity index (χ1n) is 6.87. The molecule has 4 heteroatoms. The van der Waals surface area contributed by atoms with Crippen molar-refractivity contribution >= 4 is 11.6 Å². The standard InChI is InChI=1S/C15H24ClN3/c1-11-8-19(10-15(11)18(2)3)9-13-5-4-12(7-17)6-14(13)16/h4-6,11,15H,7-10,17H2,1-3H3. The number of hydrogen-bond acceptors (Lipinski definition) is 3. The van der Waals surface area contributed by atoms with Crippen LogP contribution in [0, 0.1) is 5.92 Å². The van der Waals surface area contributed by atoms with Crippen molar-refractivity contribution in [2.24, 2.45) is 11.7 Å². The topological polar surface area (TPSA) is 32.5 Å². The monoisotopic (exact) mass is 281 g/mol. The van der Waals surface area contributed by atoms with Gasteiger partial charge >= 0.3 is 0 Å². The number of rotatable bonds is 4. The van der Waals surface area contributed by atoms with E-state index in [0.29, 0.717) is 18.5 Å². The third-order valence-electron chi connectivity index (χ3n) is 4.06. The molecule has 0 aliphatic carbocycles. The smallest absolute Gasteiger partial charge is 0.0454 e. The second-order valence-electron chi connectivity index (χ2n) is 5.83. The van der Waals surface area contributed by atoms with E-state index in [2.05, 4.69) is 43.0 Å². The van der Waals surface area contributed by atoms with Crippen molar-refractivity contribution in [1.29, 1.82) is 0 Å². The Bertz CT molecular complexity index is 433. The summed E-state index contributed by atoms with van der Waals surface area (Å²) in [4.78, 5) is 4.81. The van der Waals surface area contributed by atoms with Crippen LogP contribution in [0.2, 0.25) is 5.02 Å². The Labute approximate surface area is 121 Å². The van der Waals surface area contributed by atoms with E-state index < -0.39 is 0 Å². The van der Waals surface area contributed by atoms with Crippen molar-refractivity contribution < 1.29 is 0 Å². The second-order valence-corrected chi connectivity index (χ2v) is 6.24. The molecule has 1 aliphatic rings. The average molecular weight is 282 g/mol. The first-order valence-corrected chi connectivity index (χ1v) is 7.25. The minimum Gasteiger partial charge on any atom is -0.326 e. The van der Waals surface area contributed by atoms with Crippen molar-refractivity contribution in [2.45, 2.75) is 26.1 Å². The zero-order valence-corrected chi connectivity index (χ0v) is 12.8. The molecule has 0 aromatic heterocycles. The van der Waals surface area contributed by atoms with Crippen molar-refractivity contribution in [3.8, 4) is 0 Å². The van der Waals surface area contributed by atoms with E-state index in [9.17, 15) is 0 Å². The van der Waals surface area contributed by atoms with Crippen LogP contribution in [-0.2, 0) is 13.1 Å². The number of nitrogens with two attached hydrogens (primary N) is 1. The highest BCUT2D eigenvalue weighted by Gasteiger charge is 2.30. The summed E-state index contributed by atoms with van der Waals surface area (Å²) in [7, 11) is 4.32. The highest BCUT2D eigenvalue weighted by atomic mass is 35.5. The van der Waals surface area contributed by atoms with Gasteiger partial charge in [-0.15, -0.1) is 0 Å². The lowest BCUT2D eigenvalue weighted by atomic mass is 10.1. The summed E-state index contributed by atoms with van der Waals surface area (Å²) in [5, 5.41) is 0.837. The van der Waals surface area contributed by atoms with Crippen LogP contribution in [0.3, 0.4) is 0 Å². The fourth-order valence-corrected chi connectivity index (χ4v) is 3.20. The lowest BCUT2D eigenvalue weighted by Crippen LogP contribution is -2.34. The molecule has 2 atom stereocenters. The summed E-state index contributed by atoms with van der Waals surface area (Å²) in [6, 6.07) is 6.81. The third-order valence-corrected chi connectivity index (χ3v) is 4.41. The van der Waals surface area contributed by atoms with Crippen LogP contribution in [0.5, 0.6) is 0 Å². The predicted octanol–water partition coefficient (Wildman–Crippen LogP) is 2.18. The molecular weight excluding hydrogens is 258 g/mol. The molecular formula is C15H24ClN3. The fourth-order valence-electron chi connectivity index (χ4n) is 2.94. The Kier molecular flexibility index (Phi) is 4.85. The Morgan fingerprint density at radius 2 is 2.11 bits per heavy atom. The predicted molar refractivity (Wildman–Crippen MR) is 81.3 cm³/mol. The van der Waals surface area contributed by atoms with Gasteiger partial charge < -0.3 is 10.6 Å². The van der Waals surface area contributed by atoms with E-state index in [4.69, 9.17) is 17.3 Å². The average Bonchev–Trinajstić information content (AvgIpc) is 2.73. The highest BCUT2D eigenvalue weighted by Crippen LogP contribution is 2.25. The Hall–Kier alpha value is -0.610. The molecule has 1 heterocycles. The molecule has 0 saturated carbocycles. The van der Waals surface area contributed by atoms with Crippen LogP contribution >= 0.6 is 11.6 Å². The number of likely N-dealkylation sites (N-methyl/N-ethyl adjacent to an activating group) is 1. The molecule has 106 valence electrons. The summed E-state index contributed by atoms with van der Waals surface area (Å²) in [6.07, 6.45) is 0. The largest absolute Gasteiger partial charge is 0.326 e. The lowest BCUT2D eigenvalue weighted by Gasteiger charge is -2.22.